The van der Waals surface area contributed by atoms with E-state index in [1.807, 2.05) is 30.3 Å². The van der Waals surface area contributed by atoms with Gasteiger partial charge in [-0.1, -0.05) is 54.1 Å². The molecule has 3 aliphatic heterocycles. The molecule has 8 nitrogen and oxygen atoms in total. The second-order valence-electron chi connectivity index (χ2n) is 10.9. The van der Waals surface area contributed by atoms with Crippen LogP contribution in [0.1, 0.15) is 24.8 Å². The van der Waals surface area contributed by atoms with Gasteiger partial charge < -0.3 is 24.5 Å². The largest absolute Gasteiger partial charge is 0.396 e. The van der Waals surface area contributed by atoms with Gasteiger partial charge in [0.15, 0.2) is 0 Å². The zero-order valence-corrected chi connectivity index (χ0v) is 23.8. The number of likely N-dealkylation sites (tertiary alicyclic amines) is 1. The average molecular weight is 578 g/mol. The summed E-state index contributed by atoms with van der Waals surface area (Å²) in [6, 6.07) is 15.7. The fourth-order valence-corrected chi connectivity index (χ4v) is 6.94. The van der Waals surface area contributed by atoms with E-state index in [0.29, 0.717) is 43.1 Å². The lowest BCUT2D eigenvalue weighted by Crippen LogP contribution is -2.56. The molecule has 2 unspecified atom stereocenters. The Bertz CT molecular complexity index is 1300. The lowest BCUT2D eigenvalue weighted by Gasteiger charge is -2.37. The van der Waals surface area contributed by atoms with Gasteiger partial charge in [-0.25, -0.2) is 0 Å². The number of anilines is 1. The highest BCUT2D eigenvalue weighted by atomic mass is 35.5. The predicted octanol–water partition coefficient (Wildman–Crippen LogP) is 3.83. The Balaban J connectivity index is 1.51. The van der Waals surface area contributed by atoms with Gasteiger partial charge >= 0.3 is 0 Å². The summed E-state index contributed by atoms with van der Waals surface area (Å²) in [7, 11) is 0. The summed E-state index contributed by atoms with van der Waals surface area (Å²) in [5, 5.41) is 10.2. The molecule has 0 aromatic heterocycles. The third kappa shape index (κ3) is 5.20. The minimum atomic E-state index is -1.13. The number of rotatable bonds is 12. The number of fused-ring (bicyclic) bond motifs is 1. The van der Waals surface area contributed by atoms with Gasteiger partial charge in [0.2, 0.25) is 11.8 Å². The fourth-order valence-electron chi connectivity index (χ4n) is 6.82. The molecule has 5 rings (SSSR count). The SMILES string of the molecule is C=CCN(Cc1ccccc1)C(=O)[C@@H]1[C@H]2C(=O)N(CCCO)C(C(=O)N(CC=C)c3ccc(Cl)cc3)C23CC[C@H]1O3. The van der Waals surface area contributed by atoms with Gasteiger partial charge in [-0.2, -0.15) is 0 Å². The van der Waals surface area contributed by atoms with Crippen LogP contribution in [0.4, 0.5) is 5.69 Å². The summed E-state index contributed by atoms with van der Waals surface area (Å²) in [5.41, 5.74) is 0.460. The Hall–Kier alpha value is -3.46. The van der Waals surface area contributed by atoms with Crippen LogP contribution in [-0.4, -0.2) is 76.6 Å². The molecule has 3 amide bonds. The van der Waals surface area contributed by atoms with Gasteiger partial charge in [0.1, 0.15) is 11.6 Å². The molecule has 2 aromatic carbocycles. The highest BCUT2D eigenvalue weighted by molar-refractivity contribution is 6.30. The summed E-state index contributed by atoms with van der Waals surface area (Å²) in [6.07, 6.45) is 4.23. The fraction of sp³-hybridized carbons (Fsp3) is 0.406. The van der Waals surface area contributed by atoms with Gasteiger partial charge in [-0.3, -0.25) is 14.4 Å². The molecule has 0 saturated carbocycles. The second-order valence-corrected chi connectivity index (χ2v) is 11.3. The summed E-state index contributed by atoms with van der Waals surface area (Å²) < 4.78 is 6.60. The highest BCUT2D eigenvalue weighted by Gasteiger charge is 2.74. The van der Waals surface area contributed by atoms with E-state index in [-0.39, 0.29) is 37.4 Å². The van der Waals surface area contributed by atoms with E-state index in [9.17, 15) is 19.5 Å². The number of aliphatic hydroxyl groups is 1. The van der Waals surface area contributed by atoms with Crippen molar-refractivity contribution in [2.24, 2.45) is 11.8 Å². The molecule has 3 heterocycles. The van der Waals surface area contributed by atoms with Crippen molar-refractivity contribution in [1.82, 2.24) is 9.80 Å². The number of carbonyl (C=O) groups excluding carboxylic acids is 3. The first-order valence-electron chi connectivity index (χ1n) is 14.1. The maximum absolute atomic E-state index is 14.4. The van der Waals surface area contributed by atoms with E-state index >= 15 is 0 Å². The Morgan fingerprint density at radius 1 is 1.07 bits per heavy atom. The van der Waals surface area contributed by atoms with Gasteiger partial charge in [0.25, 0.3) is 5.91 Å². The normalized spacial score (nSPS) is 26.1. The second kappa shape index (κ2) is 12.2. The maximum atomic E-state index is 14.4. The van der Waals surface area contributed by atoms with E-state index in [2.05, 4.69) is 13.2 Å². The molecule has 5 atom stereocenters. The smallest absolute Gasteiger partial charge is 0.253 e. The van der Waals surface area contributed by atoms with Gasteiger partial charge in [0.05, 0.1) is 17.9 Å². The number of carbonyl (C=O) groups is 3. The molecule has 2 aromatic rings. The summed E-state index contributed by atoms with van der Waals surface area (Å²) in [4.78, 5) is 47.6. The van der Waals surface area contributed by atoms with Crippen LogP contribution >= 0.6 is 11.6 Å². The van der Waals surface area contributed by atoms with Crippen molar-refractivity contribution in [2.45, 2.75) is 43.6 Å². The summed E-state index contributed by atoms with van der Waals surface area (Å²) >= 11 is 6.11. The quantitative estimate of drug-likeness (QED) is 0.387. The standard InChI is InChI=1S/C32H36ClN3O5/c1-3-17-34(21-22-9-6-5-7-10-22)29(38)26-25-15-16-32(41-25)27(26)30(39)36(19-8-20-37)28(32)31(40)35(18-4-2)24-13-11-23(33)12-14-24/h3-7,9-14,25-28,37H,1-2,8,15-21H2/t25-,26+,27+,28?,32?/m1/s1. The summed E-state index contributed by atoms with van der Waals surface area (Å²) in [5.74, 6) is -2.25. The van der Waals surface area contributed by atoms with Crippen LogP contribution in [0.5, 0.6) is 0 Å². The van der Waals surface area contributed by atoms with E-state index < -0.39 is 29.6 Å². The lowest BCUT2D eigenvalue weighted by molar-refractivity contribution is -0.145. The molecule has 9 heteroatoms. The third-order valence-electron chi connectivity index (χ3n) is 8.47. The van der Waals surface area contributed by atoms with E-state index in [0.717, 1.165) is 5.56 Å². The van der Waals surface area contributed by atoms with Gasteiger partial charge in [-0.15, -0.1) is 13.2 Å². The molecule has 1 N–H and O–H groups in total. The number of aliphatic hydroxyl groups excluding tert-OH is 1. The monoisotopic (exact) mass is 577 g/mol. The molecular weight excluding hydrogens is 542 g/mol. The molecule has 1 spiro atoms. The minimum Gasteiger partial charge on any atom is -0.396 e. The average Bonchev–Trinajstić information content (AvgIpc) is 3.62. The van der Waals surface area contributed by atoms with Crippen molar-refractivity contribution in [3.63, 3.8) is 0 Å². The first-order chi connectivity index (χ1) is 19.9. The first-order valence-corrected chi connectivity index (χ1v) is 14.4. The van der Waals surface area contributed by atoms with Crippen LogP contribution in [0, 0.1) is 11.8 Å². The van der Waals surface area contributed by atoms with E-state index in [1.165, 1.54) is 4.90 Å². The molecule has 3 aliphatic rings. The van der Waals surface area contributed by atoms with Crippen molar-refractivity contribution >= 4 is 35.0 Å². The topological polar surface area (TPSA) is 90.4 Å². The van der Waals surface area contributed by atoms with E-state index in [1.54, 1.807) is 46.2 Å². The zero-order valence-electron chi connectivity index (χ0n) is 23.0. The highest BCUT2D eigenvalue weighted by Crippen LogP contribution is 2.59. The van der Waals surface area contributed by atoms with Crippen LogP contribution in [0.25, 0.3) is 0 Å². The number of hydrogen-bond acceptors (Lipinski definition) is 5. The number of ether oxygens (including phenoxy) is 1. The Morgan fingerprint density at radius 2 is 1.78 bits per heavy atom. The van der Waals surface area contributed by atoms with Crippen molar-refractivity contribution in [3.05, 3.63) is 90.5 Å². The minimum absolute atomic E-state index is 0.133. The molecule has 41 heavy (non-hydrogen) atoms. The molecule has 3 saturated heterocycles. The number of amides is 3. The van der Waals surface area contributed by atoms with Crippen molar-refractivity contribution in [3.8, 4) is 0 Å². The number of benzene rings is 2. The van der Waals surface area contributed by atoms with Crippen molar-refractivity contribution < 1.29 is 24.2 Å². The third-order valence-corrected chi connectivity index (χ3v) is 8.72. The molecule has 216 valence electrons. The van der Waals surface area contributed by atoms with Gasteiger partial charge in [-0.05, 0) is 49.1 Å². The summed E-state index contributed by atoms with van der Waals surface area (Å²) in [6.45, 7) is 8.64. The Labute approximate surface area is 245 Å². The van der Waals surface area contributed by atoms with Crippen LogP contribution in [0.15, 0.2) is 79.9 Å². The maximum Gasteiger partial charge on any atom is 0.253 e. The van der Waals surface area contributed by atoms with Crippen LogP contribution < -0.4 is 4.90 Å². The molecule has 2 bridgehead atoms. The van der Waals surface area contributed by atoms with Crippen LogP contribution in [0.3, 0.4) is 0 Å². The van der Waals surface area contributed by atoms with Gasteiger partial charge in [0, 0.05) is 43.5 Å². The molecule has 3 fully saturated rings. The zero-order chi connectivity index (χ0) is 29.1. The van der Waals surface area contributed by atoms with Crippen LogP contribution in [0.2, 0.25) is 5.02 Å². The molecule has 0 radical (unpaired) electrons. The van der Waals surface area contributed by atoms with E-state index in [4.69, 9.17) is 16.3 Å². The molecular formula is C32H36ClN3O5. The first kappa shape index (κ1) is 29.0. The van der Waals surface area contributed by atoms with Crippen molar-refractivity contribution in [1.29, 1.82) is 0 Å². The lowest BCUT2D eigenvalue weighted by atomic mass is 9.70. The number of halogens is 1. The van der Waals surface area contributed by atoms with Crippen LogP contribution in [-0.2, 0) is 25.7 Å². The predicted molar refractivity (Wildman–Crippen MR) is 157 cm³/mol. The number of nitrogens with zero attached hydrogens (tertiary/aromatic N) is 3. The molecule has 0 aliphatic carbocycles. The Kier molecular flexibility index (Phi) is 8.63. The Morgan fingerprint density at radius 3 is 2.44 bits per heavy atom. The number of hydrogen-bond donors (Lipinski definition) is 1. The van der Waals surface area contributed by atoms with Crippen molar-refractivity contribution in [2.75, 3.05) is 31.1 Å².